The highest BCUT2D eigenvalue weighted by atomic mass is 14.7. The minimum Gasteiger partial charge on any atom is -0.398 e. The van der Waals surface area contributed by atoms with Gasteiger partial charge in [-0.1, -0.05) is 18.2 Å². The van der Waals surface area contributed by atoms with E-state index in [4.69, 9.17) is 5.73 Å². The van der Waals surface area contributed by atoms with E-state index in [0.717, 1.165) is 5.69 Å². The second-order valence-electron chi connectivity index (χ2n) is 4.31. The zero-order chi connectivity index (χ0) is 11.3. The van der Waals surface area contributed by atoms with Crippen LogP contribution in [0.15, 0.2) is 30.3 Å². The molecule has 0 saturated heterocycles. The maximum Gasteiger partial charge on any atom is 0.0498 e. The lowest BCUT2D eigenvalue weighted by atomic mass is 10.0. The molecule has 1 aromatic heterocycles. The number of rotatable bonds is 0. The van der Waals surface area contributed by atoms with Crippen LogP contribution in [-0.4, -0.2) is 4.98 Å². The molecule has 0 atom stereocenters. The van der Waals surface area contributed by atoms with E-state index in [1.165, 1.54) is 32.9 Å². The first kappa shape index (κ1) is 9.28. The maximum atomic E-state index is 6.02. The molecule has 1 heterocycles. The van der Waals surface area contributed by atoms with Crippen LogP contribution in [0, 0.1) is 13.8 Å². The number of aromatic amines is 1. The molecule has 80 valence electrons. The van der Waals surface area contributed by atoms with Gasteiger partial charge in [0.1, 0.15) is 0 Å². The van der Waals surface area contributed by atoms with Gasteiger partial charge in [-0.15, -0.1) is 0 Å². The Morgan fingerprint density at radius 3 is 2.56 bits per heavy atom. The minimum atomic E-state index is 0.870. The third kappa shape index (κ3) is 1.07. The van der Waals surface area contributed by atoms with Gasteiger partial charge >= 0.3 is 0 Å². The van der Waals surface area contributed by atoms with Crippen molar-refractivity contribution >= 4 is 27.5 Å². The summed E-state index contributed by atoms with van der Waals surface area (Å²) >= 11 is 0. The largest absolute Gasteiger partial charge is 0.398 e. The van der Waals surface area contributed by atoms with Crippen LogP contribution >= 0.6 is 0 Å². The summed E-state index contributed by atoms with van der Waals surface area (Å²) in [6.45, 7) is 4.18. The SMILES string of the molecule is Cc1c(N)cc2c([nH]c3ccccc32)c1C. The molecule has 2 nitrogen and oxygen atoms in total. The number of anilines is 1. The molecule has 0 fully saturated rings. The summed E-state index contributed by atoms with van der Waals surface area (Å²) in [6.07, 6.45) is 0. The number of aryl methyl sites for hydroxylation is 1. The van der Waals surface area contributed by atoms with Gasteiger partial charge in [-0.3, -0.25) is 0 Å². The second kappa shape index (κ2) is 3.01. The molecule has 0 unspecified atom stereocenters. The van der Waals surface area contributed by atoms with Gasteiger partial charge in [0, 0.05) is 27.5 Å². The zero-order valence-corrected chi connectivity index (χ0v) is 9.46. The Morgan fingerprint density at radius 2 is 1.75 bits per heavy atom. The number of para-hydroxylation sites is 1. The lowest BCUT2D eigenvalue weighted by Crippen LogP contribution is -1.92. The van der Waals surface area contributed by atoms with Crippen molar-refractivity contribution < 1.29 is 0 Å². The Labute approximate surface area is 94.1 Å². The molecule has 0 aliphatic carbocycles. The molecule has 2 heteroatoms. The van der Waals surface area contributed by atoms with Crippen LogP contribution in [0.2, 0.25) is 0 Å². The lowest BCUT2D eigenvalue weighted by molar-refractivity contribution is 1.36. The number of fused-ring (bicyclic) bond motifs is 3. The molecule has 3 rings (SSSR count). The third-order valence-corrected chi connectivity index (χ3v) is 3.42. The van der Waals surface area contributed by atoms with Crippen LogP contribution < -0.4 is 5.73 Å². The summed E-state index contributed by atoms with van der Waals surface area (Å²) in [7, 11) is 0. The van der Waals surface area contributed by atoms with Crippen molar-refractivity contribution in [2.45, 2.75) is 13.8 Å². The Kier molecular flexibility index (Phi) is 1.75. The average Bonchev–Trinajstić information content (AvgIpc) is 2.65. The second-order valence-corrected chi connectivity index (χ2v) is 4.31. The first-order chi connectivity index (χ1) is 7.68. The highest BCUT2D eigenvalue weighted by molar-refractivity contribution is 6.09. The van der Waals surface area contributed by atoms with Crippen LogP contribution in [-0.2, 0) is 0 Å². The molecule has 0 saturated carbocycles. The summed E-state index contributed by atoms with van der Waals surface area (Å²) in [5.74, 6) is 0. The van der Waals surface area contributed by atoms with E-state index < -0.39 is 0 Å². The fraction of sp³-hybridized carbons (Fsp3) is 0.143. The van der Waals surface area contributed by atoms with Crippen molar-refractivity contribution in [3.05, 3.63) is 41.5 Å². The van der Waals surface area contributed by atoms with Crippen molar-refractivity contribution in [3.63, 3.8) is 0 Å². The summed E-state index contributed by atoms with van der Waals surface area (Å²) in [6, 6.07) is 10.4. The molecule has 0 amide bonds. The van der Waals surface area contributed by atoms with E-state index in [2.05, 4.69) is 43.1 Å². The molecule has 2 aromatic carbocycles. The van der Waals surface area contributed by atoms with Gasteiger partial charge in [0.15, 0.2) is 0 Å². The Bertz CT molecular complexity index is 693. The van der Waals surface area contributed by atoms with Crippen LogP contribution in [0.4, 0.5) is 5.69 Å². The first-order valence-electron chi connectivity index (χ1n) is 5.44. The van der Waals surface area contributed by atoms with Gasteiger partial charge in [-0.25, -0.2) is 0 Å². The van der Waals surface area contributed by atoms with Crippen LogP contribution in [0.3, 0.4) is 0 Å². The fourth-order valence-electron chi connectivity index (χ4n) is 2.28. The molecule has 0 bridgehead atoms. The average molecular weight is 210 g/mol. The summed E-state index contributed by atoms with van der Waals surface area (Å²) < 4.78 is 0. The number of aromatic nitrogens is 1. The van der Waals surface area contributed by atoms with Crippen molar-refractivity contribution in [2.24, 2.45) is 0 Å². The molecule has 3 aromatic rings. The van der Waals surface area contributed by atoms with Crippen molar-refractivity contribution in [1.82, 2.24) is 4.98 Å². The molecule has 0 radical (unpaired) electrons. The van der Waals surface area contributed by atoms with E-state index in [0.29, 0.717) is 0 Å². The summed E-state index contributed by atoms with van der Waals surface area (Å²) in [5, 5.41) is 2.46. The number of hydrogen-bond acceptors (Lipinski definition) is 1. The first-order valence-corrected chi connectivity index (χ1v) is 5.44. The zero-order valence-electron chi connectivity index (χ0n) is 9.46. The number of benzene rings is 2. The molecular formula is C14H14N2. The monoisotopic (exact) mass is 210 g/mol. The van der Waals surface area contributed by atoms with Gasteiger partial charge in [0.25, 0.3) is 0 Å². The van der Waals surface area contributed by atoms with Gasteiger partial charge in [0.2, 0.25) is 0 Å². The minimum absolute atomic E-state index is 0.870. The number of nitrogens with one attached hydrogen (secondary N) is 1. The predicted molar refractivity (Wildman–Crippen MR) is 69.7 cm³/mol. The van der Waals surface area contributed by atoms with E-state index >= 15 is 0 Å². The summed E-state index contributed by atoms with van der Waals surface area (Å²) in [4.78, 5) is 3.46. The summed E-state index contributed by atoms with van der Waals surface area (Å²) in [5.41, 5.74) is 11.7. The topological polar surface area (TPSA) is 41.8 Å². The number of H-pyrrole nitrogens is 1. The molecule has 0 aliphatic rings. The number of hydrogen-bond donors (Lipinski definition) is 2. The molecule has 0 aliphatic heterocycles. The highest BCUT2D eigenvalue weighted by Crippen LogP contribution is 2.31. The number of nitrogens with two attached hydrogens (primary N) is 1. The molecule has 16 heavy (non-hydrogen) atoms. The smallest absolute Gasteiger partial charge is 0.0498 e. The van der Waals surface area contributed by atoms with E-state index in [1.54, 1.807) is 0 Å². The molecular weight excluding hydrogens is 196 g/mol. The maximum absolute atomic E-state index is 6.02. The number of nitrogen functional groups attached to an aromatic ring is 1. The Hall–Kier alpha value is -1.96. The third-order valence-electron chi connectivity index (χ3n) is 3.42. The fourth-order valence-corrected chi connectivity index (χ4v) is 2.28. The van der Waals surface area contributed by atoms with E-state index in [9.17, 15) is 0 Å². The normalized spacial score (nSPS) is 11.4. The van der Waals surface area contributed by atoms with Gasteiger partial charge < -0.3 is 10.7 Å². The highest BCUT2D eigenvalue weighted by Gasteiger charge is 2.09. The van der Waals surface area contributed by atoms with Gasteiger partial charge in [-0.2, -0.15) is 0 Å². The Morgan fingerprint density at radius 1 is 1.00 bits per heavy atom. The van der Waals surface area contributed by atoms with Crippen LogP contribution in [0.25, 0.3) is 21.8 Å². The quantitative estimate of drug-likeness (QED) is 0.548. The van der Waals surface area contributed by atoms with Gasteiger partial charge in [0.05, 0.1) is 0 Å². The Balaban J connectivity index is 2.60. The molecule has 3 N–H and O–H groups in total. The van der Waals surface area contributed by atoms with Crippen LogP contribution in [0.1, 0.15) is 11.1 Å². The standard InChI is InChI=1S/C14H14N2/c1-8-9(2)14-11(7-12(8)15)10-5-3-4-6-13(10)16-14/h3-7,16H,15H2,1-2H3. The van der Waals surface area contributed by atoms with Crippen LogP contribution in [0.5, 0.6) is 0 Å². The molecule has 0 spiro atoms. The van der Waals surface area contributed by atoms with E-state index in [-0.39, 0.29) is 0 Å². The van der Waals surface area contributed by atoms with Crippen molar-refractivity contribution in [1.29, 1.82) is 0 Å². The van der Waals surface area contributed by atoms with Crippen molar-refractivity contribution in [2.75, 3.05) is 5.73 Å². The lowest BCUT2D eigenvalue weighted by Gasteiger charge is -2.05. The van der Waals surface area contributed by atoms with Crippen molar-refractivity contribution in [3.8, 4) is 0 Å². The van der Waals surface area contributed by atoms with Gasteiger partial charge in [-0.05, 0) is 37.1 Å². The van der Waals surface area contributed by atoms with E-state index in [1.807, 2.05) is 6.07 Å². The predicted octanol–water partition coefficient (Wildman–Crippen LogP) is 3.52.